The SMILES string of the molecule is CCc1cc(C(N)Cc2csc(C)n2)n(CC)n1. The lowest BCUT2D eigenvalue weighted by molar-refractivity contribution is 0.562. The predicted octanol–water partition coefficient (Wildman–Crippen LogP) is 2.47. The van der Waals surface area contributed by atoms with Crippen molar-refractivity contribution in [3.8, 4) is 0 Å². The summed E-state index contributed by atoms with van der Waals surface area (Å²) in [7, 11) is 0. The molecule has 0 aliphatic rings. The van der Waals surface area contributed by atoms with E-state index in [1.54, 1.807) is 11.3 Å². The van der Waals surface area contributed by atoms with Crippen LogP contribution in [0.15, 0.2) is 11.4 Å². The van der Waals surface area contributed by atoms with Gasteiger partial charge in [-0.25, -0.2) is 4.98 Å². The second-order valence-corrected chi connectivity index (χ2v) is 5.46. The highest BCUT2D eigenvalue weighted by Gasteiger charge is 2.15. The molecule has 5 heteroatoms. The minimum absolute atomic E-state index is 0.0285. The summed E-state index contributed by atoms with van der Waals surface area (Å²) >= 11 is 1.67. The summed E-state index contributed by atoms with van der Waals surface area (Å²) in [5.41, 5.74) is 9.58. The van der Waals surface area contributed by atoms with Gasteiger partial charge >= 0.3 is 0 Å². The Labute approximate surface area is 112 Å². The highest BCUT2D eigenvalue weighted by Crippen LogP contribution is 2.19. The van der Waals surface area contributed by atoms with Crippen LogP contribution >= 0.6 is 11.3 Å². The summed E-state index contributed by atoms with van der Waals surface area (Å²) in [6, 6.07) is 2.09. The molecule has 98 valence electrons. The van der Waals surface area contributed by atoms with Crippen LogP contribution in [0.5, 0.6) is 0 Å². The summed E-state index contributed by atoms with van der Waals surface area (Å²) in [5, 5.41) is 7.71. The fourth-order valence-corrected chi connectivity index (χ4v) is 2.67. The summed E-state index contributed by atoms with van der Waals surface area (Å²) in [6.07, 6.45) is 1.72. The maximum atomic E-state index is 6.28. The van der Waals surface area contributed by atoms with Crippen molar-refractivity contribution in [1.82, 2.24) is 14.8 Å². The van der Waals surface area contributed by atoms with Crippen LogP contribution in [0.2, 0.25) is 0 Å². The molecule has 0 saturated carbocycles. The Kier molecular flexibility index (Phi) is 4.14. The Balaban J connectivity index is 2.17. The Morgan fingerprint density at radius 1 is 1.39 bits per heavy atom. The molecule has 0 fully saturated rings. The topological polar surface area (TPSA) is 56.7 Å². The van der Waals surface area contributed by atoms with Gasteiger partial charge in [-0.15, -0.1) is 11.3 Å². The maximum absolute atomic E-state index is 6.28. The molecule has 0 saturated heterocycles. The van der Waals surface area contributed by atoms with E-state index < -0.39 is 0 Å². The molecule has 0 amide bonds. The zero-order valence-corrected chi connectivity index (χ0v) is 12.0. The van der Waals surface area contributed by atoms with E-state index in [1.165, 1.54) is 0 Å². The first-order valence-corrected chi connectivity index (χ1v) is 7.25. The van der Waals surface area contributed by atoms with Crippen LogP contribution in [-0.2, 0) is 19.4 Å². The van der Waals surface area contributed by atoms with E-state index in [1.807, 2.05) is 11.6 Å². The lowest BCUT2D eigenvalue weighted by Gasteiger charge is -2.11. The van der Waals surface area contributed by atoms with Crippen LogP contribution in [0.4, 0.5) is 0 Å². The largest absolute Gasteiger partial charge is 0.322 e. The Morgan fingerprint density at radius 2 is 2.17 bits per heavy atom. The number of hydrogen-bond donors (Lipinski definition) is 1. The highest BCUT2D eigenvalue weighted by atomic mass is 32.1. The molecule has 1 atom stereocenters. The van der Waals surface area contributed by atoms with E-state index in [-0.39, 0.29) is 6.04 Å². The quantitative estimate of drug-likeness (QED) is 0.902. The molecule has 0 radical (unpaired) electrons. The van der Waals surface area contributed by atoms with Crippen molar-refractivity contribution in [3.05, 3.63) is 33.5 Å². The third-order valence-electron chi connectivity index (χ3n) is 3.00. The van der Waals surface area contributed by atoms with E-state index in [9.17, 15) is 0 Å². The molecule has 2 rings (SSSR count). The van der Waals surface area contributed by atoms with Gasteiger partial charge in [0.15, 0.2) is 0 Å². The molecule has 0 aromatic carbocycles. The van der Waals surface area contributed by atoms with Crippen molar-refractivity contribution in [3.63, 3.8) is 0 Å². The van der Waals surface area contributed by atoms with Gasteiger partial charge < -0.3 is 5.73 Å². The smallest absolute Gasteiger partial charge is 0.0897 e. The molecular weight excluding hydrogens is 244 g/mol. The van der Waals surface area contributed by atoms with Gasteiger partial charge in [0.05, 0.1) is 28.1 Å². The van der Waals surface area contributed by atoms with Crippen molar-refractivity contribution < 1.29 is 0 Å². The second kappa shape index (κ2) is 5.63. The van der Waals surface area contributed by atoms with E-state index in [0.717, 1.165) is 41.5 Å². The molecule has 2 aromatic rings. The summed E-state index contributed by atoms with van der Waals surface area (Å²) in [4.78, 5) is 4.47. The molecule has 0 bridgehead atoms. The molecular formula is C13H20N4S. The number of rotatable bonds is 5. The summed E-state index contributed by atoms with van der Waals surface area (Å²) < 4.78 is 2.00. The number of aromatic nitrogens is 3. The summed E-state index contributed by atoms with van der Waals surface area (Å²) in [6.45, 7) is 7.08. The zero-order valence-electron chi connectivity index (χ0n) is 11.2. The van der Waals surface area contributed by atoms with Gasteiger partial charge in [-0.3, -0.25) is 4.68 Å². The minimum atomic E-state index is -0.0285. The third-order valence-corrected chi connectivity index (χ3v) is 3.82. The van der Waals surface area contributed by atoms with E-state index in [4.69, 9.17) is 5.73 Å². The van der Waals surface area contributed by atoms with Gasteiger partial charge in [-0.05, 0) is 26.3 Å². The lowest BCUT2D eigenvalue weighted by Crippen LogP contribution is -2.18. The first-order chi connectivity index (χ1) is 8.63. The average Bonchev–Trinajstić information content (AvgIpc) is 2.95. The highest BCUT2D eigenvalue weighted by molar-refractivity contribution is 7.09. The molecule has 4 nitrogen and oxygen atoms in total. The van der Waals surface area contributed by atoms with Gasteiger partial charge in [-0.2, -0.15) is 5.10 Å². The van der Waals surface area contributed by atoms with Gasteiger partial charge in [0.25, 0.3) is 0 Å². The van der Waals surface area contributed by atoms with Crippen LogP contribution in [0.1, 0.15) is 42.0 Å². The number of nitrogens with two attached hydrogens (primary N) is 1. The van der Waals surface area contributed by atoms with Crippen molar-refractivity contribution in [1.29, 1.82) is 0 Å². The van der Waals surface area contributed by atoms with Crippen molar-refractivity contribution >= 4 is 11.3 Å². The molecule has 0 aliphatic carbocycles. The number of nitrogens with zero attached hydrogens (tertiary/aromatic N) is 3. The Morgan fingerprint density at radius 3 is 2.72 bits per heavy atom. The fraction of sp³-hybridized carbons (Fsp3) is 0.538. The van der Waals surface area contributed by atoms with Gasteiger partial charge in [-0.1, -0.05) is 6.92 Å². The van der Waals surface area contributed by atoms with Crippen LogP contribution < -0.4 is 5.73 Å². The number of thiazole rings is 1. The summed E-state index contributed by atoms with van der Waals surface area (Å²) in [5.74, 6) is 0. The van der Waals surface area contributed by atoms with E-state index in [2.05, 4.69) is 35.4 Å². The van der Waals surface area contributed by atoms with Crippen LogP contribution in [-0.4, -0.2) is 14.8 Å². The monoisotopic (exact) mass is 264 g/mol. The minimum Gasteiger partial charge on any atom is -0.322 e. The van der Waals surface area contributed by atoms with Crippen LogP contribution in [0.25, 0.3) is 0 Å². The van der Waals surface area contributed by atoms with Gasteiger partial charge in [0, 0.05) is 18.3 Å². The molecule has 2 heterocycles. The Bertz CT molecular complexity index is 515. The van der Waals surface area contributed by atoms with Crippen LogP contribution in [0.3, 0.4) is 0 Å². The van der Waals surface area contributed by atoms with Crippen molar-refractivity contribution in [2.24, 2.45) is 5.73 Å². The second-order valence-electron chi connectivity index (χ2n) is 4.40. The van der Waals surface area contributed by atoms with Gasteiger partial charge in [0.2, 0.25) is 0 Å². The van der Waals surface area contributed by atoms with E-state index in [0.29, 0.717) is 0 Å². The molecule has 2 N–H and O–H groups in total. The van der Waals surface area contributed by atoms with Crippen molar-refractivity contribution in [2.75, 3.05) is 0 Å². The zero-order chi connectivity index (χ0) is 13.1. The Hall–Kier alpha value is -1.20. The fourth-order valence-electron chi connectivity index (χ4n) is 2.04. The van der Waals surface area contributed by atoms with Gasteiger partial charge in [0.1, 0.15) is 0 Å². The third kappa shape index (κ3) is 2.79. The van der Waals surface area contributed by atoms with Crippen molar-refractivity contribution in [2.45, 2.75) is 46.2 Å². The molecule has 1 unspecified atom stereocenters. The average molecular weight is 264 g/mol. The first-order valence-electron chi connectivity index (χ1n) is 6.37. The maximum Gasteiger partial charge on any atom is 0.0897 e. The molecule has 0 spiro atoms. The predicted molar refractivity (Wildman–Crippen MR) is 74.8 cm³/mol. The lowest BCUT2D eigenvalue weighted by atomic mass is 10.1. The number of hydrogen-bond acceptors (Lipinski definition) is 4. The normalized spacial score (nSPS) is 12.9. The standard InChI is InChI=1S/C13H20N4S/c1-4-10-7-13(17(5-2)16-10)12(14)6-11-8-18-9(3)15-11/h7-8,12H,4-6,14H2,1-3H3. The number of aryl methyl sites for hydroxylation is 3. The van der Waals surface area contributed by atoms with E-state index >= 15 is 0 Å². The van der Waals surface area contributed by atoms with Crippen LogP contribution in [0, 0.1) is 6.92 Å². The molecule has 2 aromatic heterocycles. The first kappa shape index (κ1) is 13.2. The molecule has 18 heavy (non-hydrogen) atoms. The molecule has 0 aliphatic heterocycles.